The van der Waals surface area contributed by atoms with Gasteiger partial charge < -0.3 is 4.42 Å². The molecule has 0 saturated carbocycles. The summed E-state index contributed by atoms with van der Waals surface area (Å²) in [5.74, 6) is 0.697. The van der Waals surface area contributed by atoms with Gasteiger partial charge in [-0.15, -0.1) is 0 Å². The Morgan fingerprint density at radius 2 is 1.02 bits per heavy atom. The van der Waals surface area contributed by atoms with E-state index in [-0.39, 0.29) is 5.41 Å². The summed E-state index contributed by atoms with van der Waals surface area (Å²) in [6.07, 6.45) is 0. The molecule has 1 atom stereocenters. The van der Waals surface area contributed by atoms with Crippen molar-refractivity contribution in [3.63, 3.8) is 0 Å². The molecule has 2 heterocycles. The molecule has 51 heavy (non-hydrogen) atoms. The van der Waals surface area contributed by atoms with Crippen LogP contribution in [0.4, 0.5) is 0 Å². The quantitative estimate of drug-likeness (QED) is 0.186. The number of hydrogen-bond acceptors (Lipinski definition) is 3. The fraction of sp³-hybridized carbons (Fsp3) is 0.0417. The standard InChI is InChI=1S/C48H32N2O/c1-48(36-14-6-3-7-15-36)41-18-10-8-16-37(41)38-26-24-34(29-42(38)48)31-20-22-32(23-21-31)43-30-44(50-47(49-43)33-12-4-2-5-13-33)35-25-27-46-40(28-35)39-17-9-11-19-45(39)51-46/h2-30H,1H3. The van der Waals surface area contributed by atoms with Gasteiger partial charge in [-0.2, -0.15) is 0 Å². The molecule has 1 aliphatic carbocycles. The number of rotatable bonds is 5. The van der Waals surface area contributed by atoms with Crippen LogP contribution in [0.5, 0.6) is 0 Å². The van der Waals surface area contributed by atoms with Gasteiger partial charge in [-0.25, -0.2) is 9.97 Å². The molecule has 0 aliphatic heterocycles. The maximum absolute atomic E-state index is 6.12. The number of furan rings is 1. The lowest BCUT2D eigenvalue weighted by Gasteiger charge is -2.28. The minimum Gasteiger partial charge on any atom is -0.456 e. The predicted molar refractivity (Wildman–Crippen MR) is 208 cm³/mol. The molecule has 0 amide bonds. The van der Waals surface area contributed by atoms with Crippen LogP contribution in [-0.2, 0) is 5.41 Å². The summed E-state index contributed by atoms with van der Waals surface area (Å²) in [6.45, 7) is 2.36. The fourth-order valence-corrected chi connectivity index (χ4v) is 7.93. The van der Waals surface area contributed by atoms with Crippen LogP contribution in [0.2, 0.25) is 0 Å². The number of hydrogen-bond donors (Lipinski definition) is 0. The van der Waals surface area contributed by atoms with Crippen LogP contribution in [-0.4, -0.2) is 9.97 Å². The normalized spacial score (nSPS) is 14.8. The van der Waals surface area contributed by atoms with E-state index in [1.807, 2.05) is 42.5 Å². The molecule has 0 fully saturated rings. The molecule has 3 nitrogen and oxygen atoms in total. The van der Waals surface area contributed by atoms with E-state index in [0.29, 0.717) is 5.82 Å². The van der Waals surface area contributed by atoms with Crippen LogP contribution in [0.15, 0.2) is 180 Å². The zero-order valence-electron chi connectivity index (χ0n) is 28.0. The zero-order valence-corrected chi connectivity index (χ0v) is 28.0. The molecule has 0 spiro atoms. The molecule has 9 aromatic rings. The van der Waals surface area contributed by atoms with Gasteiger partial charge in [0.1, 0.15) is 11.2 Å². The van der Waals surface area contributed by atoms with E-state index in [2.05, 4.69) is 140 Å². The summed E-state index contributed by atoms with van der Waals surface area (Å²) in [4.78, 5) is 10.2. The van der Waals surface area contributed by atoms with Gasteiger partial charge in [-0.05, 0) is 82.3 Å². The molecule has 1 unspecified atom stereocenters. The molecule has 2 aromatic heterocycles. The lowest BCUT2D eigenvalue weighted by Crippen LogP contribution is -2.22. The van der Waals surface area contributed by atoms with Gasteiger partial charge in [0.25, 0.3) is 0 Å². The number of para-hydroxylation sites is 1. The van der Waals surface area contributed by atoms with Crippen molar-refractivity contribution < 1.29 is 4.42 Å². The van der Waals surface area contributed by atoms with E-state index >= 15 is 0 Å². The molecule has 0 N–H and O–H groups in total. The van der Waals surface area contributed by atoms with Crippen LogP contribution >= 0.6 is 0 Å². The first kappa shape index (κ1) is 29.3. The molecule has 0 bridgehead atoms. The SMILES string of the molecule is CC1(c2ccccc2)c2ccccc2-c2ccc(-c3ccc(-c4cc(-c5ccc6oc7ccccc7c6c5)nc(-c5ccccc5)n4)cc3)cc21. The van der Waals surface area contributed by atoms with Crippen molar-refractivity contribution >= 4 is 21.9 Å². The highest BCUT2D eigenvalue weighted by Crippen LogP contribution is 2.53. The second-order valence-electron chi connectivity index (χ2n) is 13.5. The highest BCUT2D eigenvalue weighted by atomic mass is 16.3. The van der Waals surface area contributed by atoms with E-state index in [9.17, 15) is 0 Å². The average Bonchev–Trinajstić information content (AvgIpc) is 3.71. The first-order valence-electron chi connectivity index (χ1n) is 17.4. The smallest absolute Gasteiger partial charge is 0.160 e. The first-order valence-corrected chi connectivity index (χ1v) is 17.4. The summed E-state index contributed by atoms with van der Waals surface area (Å²) >= 11 is 0. The van der Waals surface area contributed by atoms with E-state index in [1.54, 1.807) is 0 Å². The molecule has 3 heteroatoms. The minimum absolute atomic E-state index is 0.236. The summed E-state index contributed by atoms with van der Waals surface area (Å²) < 4.78 is 6.12. The second kappa shape index (κ2) is 11.5. The van der Waals surface area contributed by atoms with Crippen molar-refractivity contribution in [2.75, 3.05) is 0 Å². The average molecular weight is 653 g/mol. The Hall–Kier alpha value is -6.58. The van der Waals surface area contributed by atoms with Gasteiger partial charge >= 0.3 is 0 Å². The maximum Gasteiger partial charge on any atom is 0.160 e. The molecular formula is C48H32N2O. The van der Waals surface area contributed by atoms with Crippen LogP contribution in [0, 0.1) is 0 Å². The molecular weight excluding hydrogens is 621 g/mol. The summed E-state index contributed by atoms with van der Waals surface area (Å²) in [5.41, 5.74) is 15.3. The fourth-order valence-electron chi connectivity index (χ4n) is 7.93. The van der Waals surface area contributed by atoms with Gasteiger partial charge in [-0.1, -0.05) is 140 Å². The van der Waals surface area contributed by atoms with Crippen LogP contribution in [0.3, 0.4) is 0 Å². The number of aromatic nitrogens is 2. The first-order chi connectivity index (χ1) is 25.1. The number of nitrogens with zero attached hydrogens (tertiary/aromatic N) is 2. The van der Waals surface area contributed by atoms with Crippen LogP contribution in [0.25, 0.3) is 78.1 Å². The monoisotopic (exact) mass is 652 g/mol. The van der Waals surface area contributed by atoms with Crippen LogP contribution in [0.1, 0.15) is 23.6 Å². The second-order valence-corrected chi connectivity index (χ2v) is 13.5. The van der Waals surface area contributed by atoms with Gasteiger partial charge in [-0.3, -0.25) is 0 Å². The Labute approximate surface area is 296 Å². The highest BCUT2D eigenvalue weighted by Gasteiger charge is 2.40. The topological polar surface area (TPSA) is 38.9 Å². The lowest BCUT2D eigenvalue weighted by atomic mass is 9.74. The third kappa shape index (κ3) is 4.74. The predicted octanol–water partition coefficient (Wildman–Crippen LogP) is 12.4. The molecule has 0 saturated heterocycles. The van der Waals surface area contributed by atoms with Crippen molar-refractivity contribution in [2.45, 2.75) is 12.3 Å². The third-order valence-electron chi connectivity index (χ3n) is 10.6. The molecule has 0 radical (unpaired) electrons. The van der Waals surface area contributed by atoms with Crippen molar-refractivity contribution in [2.24, 2.45) is 0 Å². The Kier molecular flexibility index (Phi) is 6.62. The van der Waals surface area contributed by atoms with E-state index in [0.717, 1.165) is 50.0 Å². The van der Waals surface area contributed by atoms with Crippen molar-refractivity contribution in [1.29, 1.82) is 0 Å². The Balaban J connectivity index is 1.06. The zero-order chi connectivity index (χ0) is 33.9. The molecule has 7 aromatic carbocycles. The largest absolute Gasteiger partial charge is 0.456 e. The highest BCUT2D eigenvalue weighted by molar-refractivity contribution is 6.06. The van der Waals surface area contributed by atoms with Gasteiger partial charge in [0, 0.05) is 32.9 Å². The lowest BCUT2D eigenvalue weighted by molar-refractivity contribution is 0.669. The van der Waals surface area contributed by atoms with Crippen molar-refractivity contribution in [1.82, 2.24) is 9.97 Å². The Morgan fingerprint density at radius 1 is 0.412 bits per heavy atom. The third-order valence-corrected chi connectivity index (χ3v) is 10.6. The minimum atomic E-state index is -0.236. The molecule has 1 aliphatic rings. The summed E-state index contributed by atoms with van der Waals surface area (Å²) in [5, 5.41) is 2.18. The van der Waals surface area contributed by atoms with Gasteiger partial charge in [0.15, 0.2) is 5.82 Å². The van der Waals surface area contributed by atoms with E-state index < -0.39 is 0 Å². The summed E-state index contributed by atoms with van der Waals surface area (Å²) in [6, 6.07) is 62.3. The summed E-state index contributed by atoms with van der Waals surface area (Å²) in [7, 11) is 0. The number of benzene rings is 7. The Morgan fingerprint density at radius 3 is 1.84 bits per heavy atom. The van der Waals surface area contributed by atoms with Crippen molar-refractivity contribution in [3.05, 3.63) is 193 Å². The van der Waals surface area contributed by atoms with Gasteiger partial charge in [0.05, 0.1) is 11.4 Å². The molecule has 240 valence electrons. The van der Waals surface area contributed by atoms with E-state index in [1.165, 1.54) is 38.9 Å². The van der Waals surface area contributed by atoms with Crippen molar-refractivity contribution in [3.8, 4) is 56.2 Å². The maximum atomic E-state index is 6.12. The van der Waals surface area contributed by atoms with Crippen LogP contribution < -0.4 is 0 Å². The number of fused-ring (bicyclic) bond motifs is 6. The van der Waals surface area contributed by atoms with E-state index in [4.69, 9.17) is 14.4 Å². The Bertz CT molecular complexity index is 2750. The molecule has 10 rings (SSSR count). The van der Waals surface area contributed by atoms with Gasteiger partial charge in [0.2, 0.25) is 0 Å².